The predicted molar refractivity (Wildman–Crippen MR) is 78.9 cm³/mol. The number of hydrogen-bond acceptors (Lipinski definition) is 4. The largest absolute Gasteiger partial charge is 0.465 e. The summed E-state index contributed by atoms with van der Waals surface area (Å²) in [4.78, 5) is 14.3. The molecule has 0 bridgehead atoms. The van der Waals surface area contributed by atoms with Crippen molar-refractivity contribution < 1.29 is 9.53 Å². The number of methoxy groups -OCH3 is 1. The van der Waals surface area contributed by atoms with E-state index in [1.807, 2.05) is 25.1 Å². The number of aryl methyl sites for hydroxylation is 2. The van der Waals surface area contributed by atoms with Gasteiger partial charge in [-0.25, -0.2) is 4.79 Å². The molecule has 0 fully saturated rings. The number of benzene rings is 1. The second kappa shape index (κ2) is 5.89. The van der Waals surface area contributed by atoms with Gasteiger partial charge < -0.3 is 10.1 Å². The summed E-state index contributed by atoms with van der Waals surface area (Å²) in [6, 6.07) is 9.93. The third-order valence-corrected chi connectivity index (χ3v) is 3.83. The van der Waals surface area contributed by atoms with E-state index in [1.54, 1.807) is 11.3 Å². The SMILES string of the molecule is COC(=O)c1cc(C)ccc1NCc1ccc(C)s1. The van der Waals surface area contributed by atoms with Gasteiger partial charge in [-0.05, 0) is 38.1 Å². The molecule has 1 heterocycles. The summed E-state index contributed by atoms with van der Waals surface area (Å²) in [7, 11) is 1.40. The molecular formula is C15H17NO2S. The smallest absolute Gasteiger partial charge is 0.339 e. The molecule has 19 heavy (non-hydrogen) atoms. The lowest BCUT2D eigenvalue weighted by atomic mass is 10.1. The Kier molecular flexibility index (Phi) is 4.22. The van der Waals surface area contributed by atoms with Crippen molar-refractivity contribution in [1.82, 2.24) is 0 Å². The zero-order valence-corrected chi connectivity index (χ0v) is 12.1. The fraction of sp³-hybridized carbons (Fsp3) is 0.267. The maximum Gasteiger partial charge on any atom is 0.339 e. The summed E-state index contributed by atoms with van der Waals surface area (Å²) in [5.41, 5.74) is 2.43. The lowest BCUT2D eigenvalue weighted by molar-refractivity contribution is 0.0601. The molecule has 100 valence electrons. The van der Waals surface area contributed by atoms with Gasteiger partial charge in [0.1, 0.15) is 0 Å². The number of anilines is 1. The van der Waals surface area contributed by atoms with Gasteiger partial charge in [-0.2, -0.15) is 0 Å². The van der Waals surface area contributed by atoms with Crippen LogP contribution in [0.25, 0.3) is 0 Å². The normalized spacial score (nSPS) is 10.3. The van der Waals surface area contributed by atoms with Crippen LogP contribution in [-0.2, 0) is 11.3 Å². The van der Waals surface area contributed by atoms with Gasteiger partial charge in [0.05, 0.1) is 12.7 Å². The van der Waals surface area contributed by atoms with Crippen molar-refractivity contribution in [2.24, 2.45) is 0 Å². The van der Waals surface area contributed by atoms with Crippen LogP contribution < -0.4 is 5.32 Å². The van der Waals surface area contributed by atoms with E-state index in [0.29, 0.717) is 12.1 Å². The molecule has 1 N–H and O–H groups in total. The molecule has 0 unspecified atom stereocenters. The lowest BCUT2D eigenvalue weighted by Crippen LogP contribution is -2.08. The van der Waals surface area contributed by atoms with Gasteiger partial charge in [0, 0.05) is 22.0 Å². The highest BCUT2D eigenvalue weighted by Gasteiger charge is 2.11. The summed E-state index contributed by atoms with van der Waals surface area (Å²) in [5, 5.41) is 3.29. The van der Waals surface area contributed by atoms with Crippen LogP contribution in [0.3, 0.4) is 0 Å². The first-order valence-corrected chi connectivity index (χ1v) is 6.90. The second-order valence-electron chi connectivity index (χ2n) is 4.41. The average molecular weight is 275 g/mol. The number of nitrogens with one attached hydrogen (secondary N) is 1. The molecule has 0 aliphatic carbocycles. The van der Waals surface area contributed by atoms with Crippen LogP contribution in [-0.4, -0.2) is 13.1 Å². The van der Waals surface area contributed by atoms with Crippen molar-refractivity contribution in [2.75, 3.05) is 12.4 Å². The summed E-state index contributed by atoms with van der Waals surface area (Å²) in [6.45, 7) is 4.75. The number of carbonyl (C=O) groups is 1. The fourth-order valence-corrected chi connectivity index (χ4v) is 2.68. The summed E-state index contributed by atoms with van der Waals surface area (Å²) >= 11 is 1.75. The maximum absolute atomic E-state index is 11.7. The van der Waals surface area contributed by atoms with E-state index in [2.05, 4.69) is 24.4 Å². The molecule has 0 radical (unpaired) electrons. The molecule has 4 heteroatoms. The topological polar surface area (TPSA) is 38.3 Å². The predicted octanol–water partition coefficient (Wildman–Crippen LogP) is 3.76. The van der Waals surface area contributed by atoms with Crippen LogP contribution in [0.15, 0.2) is 30.3 Å². The Hall–Kier alpha value is -1.81. The summed E-state index contributed by atoms with van der Waals surface area (Å²) in [5.74, 6) is -0.312. The van der Waals surface area contributed by atoms with Crippen molar-refractivity contribution in [3.8, 4) is 0 Å². The molecule has 1 aromatic heterocycles. The van der Waals surface area contributed by atoms with Crippen LogP contribution in [0.1, 0.15) is 25.7 Å². The summed E-state index contributed by atoms with van der Waals surface area (Å²) < 4.78 is 4.81. The first-order valence-electron chi connectivity index (χ1n) is 6.08. The molecule has 0 amide bonds. The lowest BCUT2D eigenvalue weighted by Gasteiger charge is -2.10. The maximum atomic E-state index is 11.7. The monoisotopic (exact) mass is 275 g/mol. The quantitative estimate of drug-likeness (QED) is 0.863. The van der Waals surface area contributed by atoms with E-state index in [9.17, 15) is 4.79 Å². The van der Waals surface area contributed by atoms with E-state index in [0.717, 1.165) is 11.3 Å². The van der Waals surface area contributed by atoms with E-state index >= 15 is 0 Å². The van der Waals surface area contributed by atoms with Crippen molar-refractivity contribution in [3.05, 3.63) is 51.2 Å². The second-order valence-corrected chi connectivity index (χ2v) is 5.78. The highest BCUT2D eigenvalue weighted by Crippen LogP contribution is 2.21. The standard InChI is InChI=1S/C15H17NO2S/c1-10-4-7-14(13(8-10)15(17)18-3)16-9-12-6-5-11(2)19-12/h4-8,16H,9H2,1-3H3. The zero-order valence-electron chi connectivity index (χ0n) is 11.3. The number of hydrogen-bond donors (Lipinski definition) is 1. The van der Waals surface area contributed by atoms with Crippen LogP contribution >= 0.6 is 11.3 Å². The van der Waals surface area contributed by atoms with Crippen molar-refractivity contribution in [2.45, 2.75) is 20.4 Å². The molecule has 0 spiro atoms. The number of ether oxygens (including phenoxy) is 1. The van der Waals surface area contributed by atoms with Gasteiger partial charge in [0.15, 0.2) is 0 Å². The Morgan fingerprint density at radius 2 is 2.05 bits per heavy atom. The van der Waals surface area contributed by atoms with Gasteiger partial charge in [0.25, 0.3) is 0 Å². The van der Waals surface area contributed by atoms with E-state index in [-0.39, 0.29) is 5.97 Å². The van der Waals surface area contributed by atoms with Gasteiger partial charge >= 0.3 is 5.97 Å². The van der Waals surface area contributed by atoms with Gasteiger partial charge in [-0.1, -0.05) is 11.6 Å². The van der Waals surface area contributed by atoms with Crippen LogP contribution in [0, 0.1) is 13.8 Å². The number of carbonyl (C=O) groups excluding carboxylic acids is 1. The molecule has 3 nitrogen and oxygen atoms in total. The fourth-order valence-electron chi connectivity index (χ4n) is 1.85. The Morgan fingerprint density at radius 1 is 1.26 bits per heavy atom. The van der Waals surface area contributed by atoms with Crippen molar-refractivity contribution in [3.63, 3.8) is 0 Å². The minimum atomic E-state index is -0.312. The third-order valence-electron chi connectivity index (χ3n) is 2.83. The molecule has 2 rings (SSSR count). The Balaban J connectivity index is 2.17. The molecule has 0 saturated carbocycles. The first kappa shape index (κ1) is 13.6. The Morgan fingerprint density at radius 3 is 2.68 bits per heavy atom. The average Bonchev–Trinajstić information content (AvgIpc) is 2.82. The zero-order chi connectivity index (χ0) is 13.8. The number of thiophene rings is 1. The molecular weight excluding hydrogens is 258 g/mol. The molecule has 0 aliphatic rings. The first-order chi connectivity index (χ1) is 9.10. The van der Waals surface area contributed by atoms with Crippen molar-refractivity contribution >= 4 is 23.0 Å². The van der Waals surface area contributed by atoms with Gasteiger partial charge in [0.2, 0.25) is 0 Å². The highest BCUT2D eigenvalue weighted by molar-refractivity contribution is 7.11. The van der Waals surface area contributed by atoms with Crippen molar-refractivity contribution in [1.29, 1.82) is 0 Å². The third kappa shape index (κ3) is 3.35. The Bertz CT molecular complexity index is 590. The molecule has 0 aliphatic heterocycles. The van der Waals surface area contributed by atoms with Crippen LogP contribution in [0.2, 0.25) is 0 Å². The molecule has 0 atom stereocenters. The van der Waals surface area contributed by atoms with E-state index in [4.69, 9.17) is 4.74 Å². The highest BCUT2D eigenvalue weighted by atomic mass is 32.1. The van der Waals surface area contributed by atoms with Gasteiger partial charge in [-0.15, -0.1) is 11.3 Å². The molecule has 1 aromatic carbocycles. The molecule has 2 aromatic rings. The van der Waals surface area contributed by atoms with Crippen LogP contribution in [0.4, 0.5) is 5.69 Å². The summed E-state index contributed by atoms with van der Waals surface area (Å²) in [6.07, 6.45) is 0. The molecule has 0 saturated heterocycles. The number of rotatable bonds is 4. The minimum absolute atomic E-state index is 0.312. The van der Waals surface area contributed by atoms with E-state index < -0.39 is 0 Å². The van der Waals surface area contributed by atoms with Gasteiger partial charge in [-0.3, -0.25) is 0 Å². The van der Waals surface area contributed by atoms with Crippen LogP contribution in [0.5, 0.6) is 0 Å². The van der Waals surface area contributed by atoms with E-state index in [1.165, 1.54) is 16.9 Å². The minimum Gasteiger partial charge on any atom is -0.465 e. The number of esters is 1. The Labute approximate surface area is 117 Å².